The van der Waals surface area contributed by atoms with Gasteiger partial charge in [-0.2, -0.15) is 0 Å². The molecule has 0 spiro atoms. The fourth-order valence-electron chi connectivity index (χ4n) is 4.12. The van der Waals surface area contributed by atoms with Crippen LogP contribution in [0.15, 0.2) is 42.5 Å². The molecular weight excluding hydrogens is 468 g/mol. The van der Waals surface area contributed by atoms with Crippen LogP contribution in [-0.2, 0) is 24.5 Å². The van der Waals surface area contributed by atoms with Crippen LogP contribution in [0.4, 0.5) is 0 Å². The molecule has 0 saturated heterocycles. The van der Waals surface area contributed by atoms with Gasteiger partial charge in [-0.1, -0.05) is 71.0 Å². The summed E-state index contributed by atoms with van der Waals surface area (Å²) in [6.07, 6.45) is 0.857. The SMILES string of the molecule is CCC(=O)OC(C)COc1c2ccccc2c(OCC(C)OC(=O)CC)c2cc(C(C)(C)CC)ccc12. The fraction of sp³-hybridized carbons (Fsp3) is 0.484. The van der Waals surface area contributed by atoms with E-state index in [4.69, 9.17) is 18.9 Å². The maximum absolute atomic E-state index is 11.8. The van der Waals surface area contributed by atoms with Crippen molar-refractivity contribution in [1.29, 1.82) is 0 Å². The topological polar surface area (TPSA) is 71.1 Å². The number of ether oxygens (including phenoxy) is 4. The maximum Gasteiger partial charge on any atom is 0.305 e. The highest BCUT2D eigenvalue weighted by Crippen LogP contribution is 2.44. The number of hydrogen-bond donors (Lipinski definition) is 0. The Morgan fingerprint density at radius 2 is 1.19 bits per heavy atom. The summed E-state index contributed by atoms with van der Waals surface area (Å²) in [7, 11) is 0. The van der Waals surface area contributed by atoms with Gasteiger partial charge in [0.1, 0.15) is 36.9 Å². The highest BCUT2D eigenvalue weighted by Gasteiger charge is 2.23. The van der Waals surface area contributed by atoms with Crippen molar-refractivity contribution in [2.75, 3.05) is 13.2 Å². The number of carbonyl (C=O) groups is 2. The van der Waals surface area contributed by atoms with Crippen molar-refractivity contribution in [2.45, 2.75) is 85.4 Å². The molecule has 0 aliphatic carbocycles. The number of carbonyl (C=O) groups excluding carboxylic acids is 2. The Morgan fingerprint density at radius 3 is 1.65 bits per heavy atom. The lowest BCUT2D eigenvalue weighted by molar-refractivity contribution is -0.150. The largest absolute Gasteiger partial charge is 0.488 e. The Hall–Kier alpha value is -3.28. The first kappa shape index (κ1) is 28.3. The van der Waals surface area contributed by atoms with E-state index < -0.39 is 0 Å². The molecule has 0 aromatic heterocycles. The lowest BCUT2D eigenvalue weighted by Gasteiger charge is -2.25. The molecule has 3 aromatic rings. The highest BCUT2D eigenvalue weighted by molar-refractivity contribution is 6.11. The maximum atomic E-state index is 11.8. The summed E-state index contributed by atoms with van der Waals surface area (Å²) >= 11 is 0. The van der Waals surface area contributed by atoms with Crippen LogP contribution < -0.4 is 9.47 Å². The second-order valence-electron chi connectivity index (χ2n) is 10.1. The van der Waals surface area contributed by atoms with Crippen molar-refractivity contribution < 1.29 is 28.5 Å². The summed E-state index contributed by atoms with van der Waals surface area (Å²) < 4.78 is 23.6. The van der Waals surface area contributed by atoms with Crippen molar-refractivity contribution in [2.24, 2.45) is 0 Å². The zero-order valence-corrected chi connectivity index (χ0v) is 23.2. The molecule has 2 unspecified atom stereocenters. The van der Waals surface area contributed by atoms with E-state index in [1.165, 1.54) is 5.56 Å². The van der Waals surface area contributed by atoms with E-state index in [9.17, 15) is 9.59 Å². The molecule has 37 heavy (non-hydrogen) atoms. The van der Waals surface area contributed by atoms with Crippen LogP contribution in [0.3, 0.4) is 0 Å². The van der Waals surface area contributed by atoms with Gasteiger partial charge in [0.2, 0.25) is 0 Å². The van der Waals surface area contributed by atoms with E-state index in [0.29, 0.717) is 12.8 Å². The third kappa shape index (κ3) is 6.73. The normalized spacial score (nSPS) is 13.3. The molecular formula is C31H40O6. The molecule has 0 fully saturated rings. The Bertz CT molecular complexity index is 1250. The van der Waals surface area contributed by atoms with Crippen LogP contribution in [0.5, 0.6) is 11.5 Å². The second-order valence-corrected chi connectivity index (χ2v) is 10.1. The third-order valence-electron chi connectivity index (χ3n) is 6.76. The highest BCUT2D eigenvalue weighted by atomic mass is 16.6. The zero-order chi connectivity index (χ0) is 27.2. The summed E-state index contributed by atoms with van der Waals surface area (Å²) in [6, 6.07) is 14.4. The smallest absolute Gasteiger partial charge is 0.305 e. The molecule has 200 valence electrons. The molecule has 3 aromatic carbocycles. The summed E-state index contributed by atoms with van der Waals surface area (Å²) in [5, 5.41) is 3.65. The first-order valence-corrected chi connectivity index (χ1v) is 13.2. The first-order valence-electron chi connectivity index (χ1n) is 13.2. The van der Waals surface area contributed by atoms with E-state index >= 15 is 0 Å². The van der Waals surface area contributed by atoms with Crippen LogP contribution in [0, 0.1) is 0 Å². The Morgan fingerprint density at radius 1 is 0.730 bits per heavy atom. The van der Waals surface area contributed by atoms with Gasteiger partial charge in [0.25, 0.3) is 0 Å². The molecule has 0 bridgehead atoms. The summed E-state index contributed by atoms with van der Waals surface area (Å²) in [4.78, 5) is 23.5. The van der Waals surface area contributed by atoms with Crippen LogP contribution in [0.1, 0.15) is 73.3 Å². The van der Waals surface area contributed by atoms with Crippen molar-refractivity contribution >= 4 is 33.5 Å². The van der Waals surface area contributed by atoms with Crippen molar-refractivity contribution in [3.05, 3.63) is 48.0 Å². The van der Waals surface area contributed by atoms with Crippen LogP contribution >= 0.6 is 0 Å². The summed E-state index contributed by atoms with van der Waals surface area (Å²) in [5.74, 6) is 0.957. The molecule has 0 aliphatic heterocycles. The molecule has 2 atom stereocenters. The Labute approximate surface area is 220 Å². The van der Waals surface area contributed by atoms with Gasteiger partial charge in [-0.15, -0.1) is 0 Å². The molecule has 0 aliphatic rings. The monoisotopic (exact) mass is 508 g/mol. The van der Waals surface area contributed by atoms with Gasteiger partial charge in [-0.25, -0.2) is 0 Å². The molecule has 0 saturated carbocycles. The molecule has 3 rings (SSSR count). The van der Waals surface area contributed by atoms with E-state index in [0.717, 1.165) is 39.5 Å². The first-order chi connectivity index (χ1) is 17.6. The van der Waals surface area contributed by atoms with Gasteiger partial charge < -0.3 is 18.9 Å². The molecule has 6 heteroatoms. The second kappa shape index (κ2) is 12.3. The Balaban J connectivity index is 2.12. The average Bonchev–Trinajstić information content (AvgIpc) is 2.89. The molecule has 6 nitrogen and oxygen atoms in total. The van der Waals surface area contributed by atoms with Crippen molar-refractivity contribution in [3.63, 3.8) is 0 Å². The van der Waals surface area contributed by atoms with Crippen LogP contribution in [0.25, 0.3) is 21.5 Å². The lowest BCUT2D eigenvalue weighted by Crippen LogP contribution is -2.22. The lowest BCUT2D eigenvalue weighted by atomic mass is 9.81. The van der Waals surface area contributed by atoms with Crippen molar-refractivity contribution in [1.82, 2.24) is 0 Å². The van der Waals surface area contributed by atoms with Gasteiger partial charge in [0.05, 0.1) is 0 Å². The van der Waals surface area contributed by atoms with Crippen LogP contribution in [0.2, 0.25) is 0 Å². The quantitative estimate of drug-likeness (QED) is 0.192. The van der Waals surface area contributed by atoms with Crippen molar-refractivity contribution in [3.8, 4) is 11.5 Å². The van der Waals surface area contributed by atoms with E-state index in [1.54, 1.807) is 13.8 Å². The van der Waals surface area contributed by atoms with E-state index in [2.05, 4.69) is 39.0 Å². The number of hydrogen-bond acceptors (Lipinski definition) is 6. The van der Waals surface area contributed by atoms with E-state index in [1.807, 2.05) is 38.1 Å². The van der Waals surface area contributed by atoms with E-state index in [-0.39, 0.29) is 42.8 Å². The minimum atomic E-state index is -0.387. The summed E-state index contributed by atoms with van der Waals surface area (Å²) in [5.41, 5.74) is 1.18. The number of benzene rings is 3. The summed E-state index contributed by atoms with van der Waals surface area (Å²) in [6.45, 7) is 14.3. The predicted octanol–water partition coefficient (Wildman–Crippen LogP) is 7.12. The van der Waals surface area contributed by atoms with Gasteiger partial charge in [0.15, 0.2) is 0 Å². The number of esters is 2. The minimum Gasteiger partial charge on any atom is -0.488 e. The Kier molecular flexibility index (Phi) is 9.41. The van der Waals surface area contributed by atoms with Gasteiger partial charge >= 0.3 is 11.9 Å². The van der Waals surface area contributed by atoms with Gasteiger partial charge in [-0.05, 0) is 37.3 Å². The van der Waals surface area contributed by atoms with Gasteiger partial charge in [-0.3, -0.25) is 9.59 Å². The molecule has 0 amide bonds. The minimum absolute atomic E-state index is 0.0229. The third-order valence-corrected chi connectivity index (χ3v) is 6.76. The predicted molar refractivity (Wildman–Crippen MR) is 147 cm³/mol. The zero-order valence-electron chi connectivity index (χ0n) is 23.2. The number of fused-ring (bicyclic) bond motifs is 2. The average molecular weight is 509 g/mol. The molecule has 0 radical (unpaired) electrons. The fourth-order valence-corrected chi connectivity index (χ4v) is 4.12. The molecule has 0 heterocycles. The standard InChI is InChI=1S/C31H40O6/c1-8-27(32)36-20(4)18-34-29-23-13-11-12-14-24(23)30(35-19-21(5)37-28(33)9-2)26-17-22(15-16-25(26)29)31(6,7)10-3/h11-17,20-21H,8-10,18-19H2,1-7H3. The number of rotatable bonds is 12. The van der Waals surface area contributed by atoms with Crippen LogP contribution in [-0.4, -0.2) is 37.4 Å². The molecule has 0 N–H and O–H groups in total. The van der Waals surface area contributed by atoms with Gasteiger partial charge in [0, 0.05) is 34.4 Å².